The second-order valence-electron chi connectivity index (χ2n) is 2.78. The summed E-state index contributed by atoms with van der Waals surface area (Å²) in [4.78, 5) is 21.1. The molecule has 82 valence electrons. The van der Waals surface area contributed by atoms with Gasteiger partial charge in [-0.05, 0) is 0 Å². The number of aliphatic carboxylic acids is 1. The maximum atomic E-state index is 10.6. The standard InChI is InChI=1S/C8H16N2O4/c1-6(11)9-3-4-10-7(5-14-2)8(12)13/h7,10H,3-5H2,1-2H3,(H,9,11)(H,12,13). The first-order valence-electron chi connectivity index (χ1n) is 4.27. The van der Waals surface area contributed by atoms with E-state index in [1.807, 2.05) is 0 Å². The molecule has 0 radical (unpaired) electrons. The second-order valence-corrected chi connectivity index (χ2v) is 2.78. The lowest BCUT2D eigenvalue weighted by molar-refractivity contribution is -0.140. The molecule has 6 nitrogen and oxygen atoms in total. The minimum Gasteiger partial charge on any atom is -0.480 e. The summed E-state index contributed by atoms with van der Waals surface area (Å²) in [6.07, 6.45) is 0. The van der Waals surface area contributed by atoms with E-state index in [-0.39, 0.29) is 12.5 Å². The highest BCUT2D eigenvalue weighted by Crippen LogP contribution is 1.84. The number of hydrogen-bond acceptors (Lipinski definition) is 4. The predicted molar refractivity (Wildman–Crippen MR) is 50.0 cm³/mol. The Morgan fingerprint density at radius 2 is 2.07 bits per heavy atom. The largest absolute Gasteiger partial charge is 0.480 e. The fourth-order valence-corrected chi connectivity index (χ4v) is 0.869. The molecule has 0 spiro atoms. The molecule has 0 fully saturated rings. The molecule has 14 heavy (non-hydrogen) atoms. The average Bonchev–Trinajstić information content (AvgIpc) is 2.09. The van der Waals surface area contributed by atoms with E-state index in [0.29, 0.717) is 13.1 Å². The molecule has 1 amide bonds. The number of nitrogens with one attached hydrogen (secondary N) is 2. The highest BCUT2D eigenvalue weighted by molar-refractivity contribution is 5.74. The van der Waals surface area contributed by atoms with Crippen molar-refractivity contribution in [1.29, 1.82) is 0 Å². The molecule has 0 aliphatic rings. The molecule has 1 atom stereocenters. The number of rotatable bonds is 7. The van der Waals surface area contributed by atoms with Gasteiger partial charge in [-0.25, -0.2) is 0 Å². The molecule has 0 heterocycles. The lowest BCUT2D eigenvalue weighted by Crippen LogP contribution is -2.43. The zero-order valence-electron chi connectivity index (χ0n) is 8.37. The molecular weight excluding hydrogens is 188 g/mol. The van der Waals surface area contributed by atoms with Crippen LogP contribution in [0.4, 0.5) is 0 Å². The van der Waals surface area contributed by atoms with Crippen LogP contribution < -0.4 is 10.6 Å². The quantitative estimate of drug-likeness (QED) is 0.454. The minimum absolute atomic E-state index is 0.107. The number of carbonyl (C=O) groups is 2. The van der Waals surface area contributed by atoms with Gasteiger partial charge in [-0.3, -0.25) is 9.59 Å². The molecule has 0 bridgehead atoms. The lowest BCUT2D eigenvalue weighted by Gasteiger charge is -2.13. The van der Waals surface area contributed by atoms with Crippen molar-refractivity contribution in [2.75, 3.05) is 26.8 Å². The third kappa shape index (κ3) is 6.38. The summed E-state index contributed by atoms with van der Waals surface area (Å²) in [7, 11) is 1.44. The van der Waals surface area contributed by atoms with Crippen LogP contribution in [0.25, 0.3) is 0 Å². The van der Waals surface area contributed by atoms with Crippen LogP contribution in [-0.2, 0) is 14.3 Å². The van der Waals surface area contributed by atoms with E-state index in [0.717, 1.165) is 0 Å². The van der Waals surface area contributed by atoms with Gasteiger partial charge in [-0.1, -0.05) is 0 Å². The first kappa shape index (κ1) is 12.9. The van der Waals surface area contributed by atoms with E-state index < -0.39 is 12.0 Å². The van der Waals surface area contributed by atoms with Gasteiger partial charge in [-0.2, -0.15) is 0 Å². The van der Waals surface area contributed by atoms with E-state index in [1.54, 1.807) is 0 Å². The van der Waals surface area contributed by atoms with Gasteiger partial charge < -0.3 is 20.5 Å². The summed E-state index contributed by atoms with van der Waals surface area (Å²) in [6, 6.07) is -0.728. The van der Waals surface area contributed by atoms with Crippen LogP contribution in [0.3, 0.4) is 0 Å². The SMILES string of the molecule is COCC(NCCNC(C)=O)C(=O)O. The van der Waals surface area contributed by atoms with Gasteiger partial charge in [0, 0.05) is 27.1 Å². The number of methoxy groups -OCH3 is 1. The number of carboxylic acids is 1. The molecular formula is C8H16N2O4. The van der Waals surface area contributed by atoms with Crippen molar-refractivity contribution in [3.05, 3.63) is 0 Å². The van der Waals surface area contributed by atoms with Crippen molar-refractivity contribution in [3.63, 3.8) is 0 Å². The van der Waals surface area contributed by atoms with E-state index in [9.17, 15) is 9.59 Å². The predicted octanol–water partition coefficient (Wildman–Crippen LogP) is -1.19. The third-order valence-corrected chi connectivity index (χ3v) is 1.52. The average molecular weight is 204 g/mol. The number of amides is 1. The smallest absolute Gasteiger partial charge is 0.323 e. The van der Waals surface area contributed by atoms with Crippen LogP contribution in [0, 0.1) is 0 Å². The van der Waals surface area contributed by atoms with Crippen molar-refractivity contribution in [3.8, 4) is 0 Å². The Morgan fingerprint density at radius 1 is 1.43 bits per heavy atom. The Balaban J connectivity index is 3.61. The molecule has 3 N–H and O–H groups in total. The molecule has 6 heteroatoms. The Morgan fingerprint density at radius 3 is 2.50 bits per heavy atom. The van der Waals surface area contributed by atoms with Gasteiger partial charge in [-0.15, -0.1) is 0 Å². The summed E-state index contributed by atoms with van der Waals surface area (Å²) in [6.45, 7) is 2.32. The molecule has 1 unspecified atom stereocenters. The number of ether oxygens (including phenoxy) is 1. The maximum Gasteiger partial charge on any atom is 0.323 e. The van der Waals surface area contributed by atoms with E-state index in [4.69, 9.17) is 9.84 Å². The normalized spacial score (nSPS) is 12.1. The fraction of sp³-hybridized carbons (Fsp3) is 0.750. The van der Waals surface area contributed by atoms with Gasteiger partial charge in [0.15, 0.2) is 0 Å². The van der Waals surface area contributed by atoms with Crippen molar-refractivity contribution in [1.82, 2.24) is 10.6 Å². The van der Waals surface area contributed by atoms with E-state index in [2.05, 4.69) is 10.6 Å². The second kappa shape index (κ2) is 7.28. The van der Waals surface area contributed by atoms with Gasteiger partial charge in [0.2, 0.25) is 5.91 Å². The van der Waals surface area contributed by atoms with E-state index in [1.165, 1.54) is 14.0 Å². The van der Waals surface area contributed by atoms with Crippen LogP contribution in [0.5, 0.6) is 0 Å². The Kier molecular flexibility index (Phi) is 6.69. The molecule has 0 rings (SSSR count). The van der Waals surface area contributed by atoms with Crippen LogP contribution >= 0.6 is 0 Å². The highest BCUT2D eigenvalue weighted by atomic mass is 16.5. The van der Waals surface area contributed by atoms with Crippen molar-refractivity contribution >= 4 is 11.9 Å². The Bertz CT molecular complexity index is 196. The van der Waals surface area contributed by atoms with Crippen molar-refractivity contribution in [2.45, 2.75) is 13.0 Å². The molecule has 0 saturated heterocycles. The summed E-state index contributed by atoms with van der Waals surface area (Å²) < 4.78 is 4.71. The lowest BCUT2D eigenvalue weighted by atomic mass is 10.3. The van der Waals surface area contributed by atoms with Gasteiger partial charge in [0.05, 0.1) is 6.61 Å². The fourth-order valence-electron chi connectivity index (χ4n) is 0.869. The molecule has 0 aromatic heterocycles. The summed E-state index contributed by atoms with van der Waals surface area (Å²) in [5, 5.41) is 14.0. The number of hydrogen-bond donors (Lipinski definition) is 3. The molecule has 0 aromatic carbocycles. The molecule has 0 aliphatic heterocycles. The minimum atomic E-state index is -0.963. The van der Waals surface area contributed by atoms with Crippen LogP contribution in [0.15, 0.2) is 0 Å². The van der Waals surface area contributed by atoms with Crippen molar-refractivity contribution < 1.29 is 19.4 Å². The zero-order chi connectivity index (χ0) is 11.0. The van der Waals surface area contributed by atoms with Crippen LogP contribution in [0.2, 0.25) is 0 Å². The topological polar surface area (TPSA) is 87.7 Å². The van der Waals surface area contributed by atoms with Crippen LogP contribution in [-0.4, -0.2) is 49.8 Å². The zero-order valence-corrected chi connectivity index (χ0v) is 8.37. The summed E-state index contributed by atoms with van der Waals surface area (Å²) in [5.74, 6) is -1.10. The first-order valence-corrected chi connectivity index (χ1v) is 4.27. The summed E-state index contributed by atoms with van der Waals surface area (Å²) in [5.41, 5.74) is 0. The third-order valence-electron chi connectivity index (χ3n) is 1.52. The van der Waals surface area contributed by atoms with Gasteiger partial charge in [0.1, 0.15) is 6.04 Å². The first-order chi connectivity index (χ1) is 6.57. The summed E-state index contributed by atoms with van der Waals surface area (Å²) >= 11 is 0. The maximum absolute atomic E-state index is 10.6. The van der Waals surface area contributed by atoms with Crippen LogP contribution in [0.1, 0.15) is 6.92 Å². The monoisotopic (exact) mass is 204 g/mol. The van der Waals surface area contributed by atoms with Gasteiger partial charge in [0.25, 0.3) is 0 Å². The van der Waals surface area contributed by atoms with E-state index >= 15 is 0 Å². The Labute approximate surface area is 82.6 Å². The molecule has 0 saturated carbocycles. The number of carbonyl (C=O) groups excluding carboxylic acids is 1. The number of carboxylic acid groups (broad SMARTS) is 1. The molecule has 0 aromatic rings. The Hall–Kier alpha value is -1.14. The van der Waals surface area contributed by atoms with Gasteiger partial charge >= 0.3 is 5.97 Å². The molecule has 0 aliphatic carbocycles. The van der Waals surface area contributed by atoms with Crippen molar-refractivity contribution in [2.24, 2.45) is 0 Å². The highest BCUT2D eigenvalue weighted by Gasteiger charge is 2.15.